The second-order valence-corrected chi connectivity index (χ2v) is 7.51. The number of benzene rings is 1. The Bertz CT molecular complexity index is 900. The lowest BCUT2D eigenvalue weighted by atomic mass is 10.1. The van der Waals surface area contributed by atoms with Crippen LogP contribution < -0.4 is 19.7 Å². The first kappa shape index (κ1) is 21.0. The van der Waals surface area contributed by atoms with Gasteiger partial charge >= 0.3 is 0 Å². The Balaban J connectivity index is 1.13. The van der Waals surface area contributed by atoms with Crippen molar-refractivity contribution in [2.75, 3.05) is 57.4 Å². The predicted octanol–water partition coefficient (Wildman–Crippen LogP) is 1.15. The summed E-state index contributed by atoms with van der Waals surface area (Å²) in [5.41, 5.74) is 0.539. The Hall–Kier alpha value is -3.20. The maximum absolute atomic E-state index is 12.4. The number of nitrogens with zero attached hydrogens (tertiary/aromatic N) is 4. The highest BCUT2D eigenvalue weighted by atomic mass is 16.6. The van der Waals surface area contributed by atoms with Crippen LogP contribution >= 0.6 is 0 Å². The van der Waals surface area contributed by atoms with Crippen molar-refractivity contribution < 1.29 is 19.1 Å². The van der Waals surface area contributed by atoms with Gasteiger partial charge in [-0.3, -0.25) is 14.5 Å². The van der Waals surface area contributed by atoms with E-state index in [1.165, 1.54) is 0 Å². The van der Waals surface area contributed by atoms with Crippen LogP contribution in [0.1, 0.15) is 23.2 Å². The first-order valence-corrected chi connectivity index (χ1v) is 10.6. The highest BCUT2D eigenvalue weighted by Crippen LogP contribution is 2.31. The number of ether oxygens (including phenoxy) is 2. The highest BCUT2D eigenvalue weighted by molar-refractivity contribution is 5.98. The largest absolute Gasteiger partial charge is 0.486 e. The van der Waals surface area contributed by atoms with Crippen LogP contribution in [0, 0.1) is 0 Å². The number of fused-ring (bicyclic) bond motifs is 1. The molecular formula is C22H27N5O4. The lowest BCUT2D eigenvalue weighted by Crippen LogP contribution is -2.49. The quantitative estimate of drug-likeness (QED) is 0.629. The van der Waals surface area contributed by atoms with E-state index in [1.54, 1.807) is 30.6 Å². The molecular weight excluding hydrogens is 398 g/mol. The predicted molar refractivity (Wildman–Crippen MR) is 115 cm³/mol. The maximum Gasteiger partial charge on any atom is 0.225 e. The normalized spacial score (nSPS) is 16.1. The molecule has 3 heterocycles. The summed E-state index contributed by atoms with van der Waals surface area (Å²) in [5.74, 6) is 1.81. The van der Waals surface area contributed by atoms with E-state index in [4.69, 9.17) is 9.47 Å². The third-order valence-corrected chi connectivity index (χ3v) is 5.40. The number of anilines is 1. The fraction of sp³-hybridized carbons (Fsp3) is 0.455. The molecule has 31 heavy (non-hydrogen) atoms. The number of ketones is 1. The smallest absolute Gasteiger partial charge is 0.225 e. The number of carbonyl (C=O) groups is 2. The minimum atomic E-state index is -0.109. The monoisotopic (exact) mass is 425 g/mol. The number of hydrogen-bond acceptors (Lipinski definition) is 8. The number of aromatic nitrogens is 2. The summed E-state index contributed by atoms with van der Waals surface area (Å²) in [4.78, 5) is 37.6. The number of Topliss-reactive ketones (excluding diaryl/α,β-unsaturated/α-hetero) is 1. The van der Waals surface area contributed by atoms with Crippen molar-refractivity contribution in [2.24, 2.45) is 0 Å². The first-order chi connectivity index (χ1) is 15.2. The molecule has 9 heteroatoms. The van der Waals surface area contributed by atoms with Crippen LogP contribution in [0.15, 0.2) is 36.7 Å². The van der Waals surface area contributed by atoms with E-state index in [0.29, 0.717) is 36.8 Å². The molecule has 1 fully saturated rings. The van der Waals surface area contributed by atoms with Crippen LogP contribution in [0.3, 0.4) is 0 Å². The molecule has 0 radical (unpaired) electrons. The number of amides is 1. The van der Waals surface area contributed by atoms with Gasteiger partial charge in [0, 0.05) is 70.1 Å². The zero-order valence-corrected chi connectivity index (χ0v) is 17.5. The van der Waals surface area contributed by atoms with Crippen molar-refractivity contribution in [1.82, 2.24) is 20.2 Å². The molecule has 2 aliphatic rings. The molecule has 9 nitrogen and oxygen atoms in total. The molecule has 0 saturated carbocycles. The van der Waals surface area contributed by atoms with E-state index in [9.17, 15) is 9.59 Å². The van der Waals surface area contributed by atoms with E-state index in [0.717, 1.165) is 38.7 Å². The van der Waals surface area contributed by atoms with Gasteiger partial charge in [-0.1, -0.05) is 0 Å². The van der Waals surface area contributed by atoms with Crippen molar-refractivity contribution in [3.8, 4) is 11.5 Å². The SMILES string of the molecule is O=C(CCC(=O)c1ccc2c(c1)OCCO2)NCCN1CCN(c2ncccn2)CC1. The lowest BCUT2D eigenvalue weighted by Gasteiger charge is -2.34. The van der Waals surface area contributed by atoms with E-state index in [2.05, 4.69) is 25.1 Å². The van der Waals surface area contributed by atoms with Crippen molar-refractivity contribution in [3.63, 3.8) is 0 Å². The number of rotatable bonds is 8. The lowest BCUT2D eigenvalue weighted by molar-refractivity contribution is -0.121. The van der Waals surface area contributed by atoms with Crippen LogP contribution in [0.2, 0.25) is 0 Å². The van der Waals surface area contributed by atoms with Gasteiger partial charge in [-0.05, 0) is 24.3 Å². The van der Waals surface area contributed by atoms with Gasteiger partial charge in [-0.15, -0.1) is 0 Å². The Morgan fingerprint density at radius 2 is 1.71 bits per heavy atom. The second kappa shape index (κ2) is 10.2. The fourth-order valence-corrected chi connectivity index (χ4v) is 3.66. The Labute approximate surface area is 181 Å². The van der Waals surface area contributed by atoms with Crippen molar-refractivity contribution >= 4 is 17.6 Å². The van der Waals surface area contributed by atoms with Crippen LogP contribution in [0.5, 0.6) is 11.5 Å². The van der Waals surface area contributed by atoms with Gasteiger partial charge in [-0.2, -0.15) is 0 Å². The summed E-state index contributed by atoms with van der Waals surface area (Å²) in [7, 11) is 0. The molecule has 4 rings (SSSR count). The van der Waals surface area contributed by atoms with E-state index >= 15 is 0 Å². The average Bonchev–Trinajstić information content (AvgIpc) is 2.83. The van der Waals surface area contributed by atoms with Gasteiger partial charge in [0.2, 0.25) is 11.9 Å². The molecule has 0 spiro atoms. The summed E-state index contributed by atoms with van der Waals surface area (Å²) >= 11 is 0. The molecule has 164 valence electrons. The molecule has 1 amide bonds. The van der Waals surface area contributed by atoms with Crippen molar-refractivity contribution in [3.05, 3.63) is 42.2 Å². The third-order valence-electron chi connectivity index (χ3n) is 5.40. The van der Waals surface area contributed by atoms with E-state index in [1.807, 2.05) is 6.07 Å². The molecule has 1 aromatic carbocycles. The average molecular weight is 425 g/mol. The van der Waals surface area contributed by atoms with Gasteiger partial charge in [0.1, 0.15) is 13.2 Å². The number of carbonyl (C=O) groups excluding carboxylic acids is 2. The van der Waals surface area contributed by atoms with E-state index in [-0.39, 0.29) is 24.5 Å². The molecule has 1 N–H and O–H groups in total. The zero-order chi connectivity index (χ0) is 21.5. The molecule has 1 aromatic heterocycles. The van der Waals surface area contributed by atoms with Crippen molar-refractivity contribution in [1.29, 1.82) is 0 Å². The first-order valence-electron chi connectivity index (χ1n) is 10.6. The third kappa shape index (κ3) is 5.69. The van der Waals surface area contributed by atoms with Crippen LogP contribution in [-0.2, 0) is 4.79 Å². The Kier molecular flexibility index (Phi) is 6.93. The summed E-state index contributed by atoms with van der Waals surface area (Å²) in [6.45, 7) is 5.86. The summed E-state index contributed by atoms with van der Waals surface area (Å²) < 4.78 is 11.0. The standard InChI is InChI=1S/C22H27N5O4/c28-18(17-2-4-19-20(16-17)31-15-14-30-19)3-5-21(29)23-8-9-26-10-12-27(13-11-26)22-24-6-1-7-25-22/h1-2,4,6-7,16H,3,5,8-15H2,(H,23,29). The van der Waals surface area contributed by atoms with Crippen molar-refractivity contribution in [2.45, 2.75) is 12.8 Å². The molecule has 0 unspecified atom stereocenters. The van der Waals surface area contributed by atoms with Gasteiger partial charge in [0.15, 0.2) is 17.3 Å². The highest BCUT2D eigenvalue weighted by Gasteiger charge is 2.19. The molecule has 0 atom stereocenters. The van der Waals surface area contributed by atoms with Gasteiger partial charge in [0.25, 0.3) is 0 Å². The molecule has 2 aromatic rings. The van der Waals surface area contributed by atoms with Gasteiger partial charge < -0.3 is 19.7 Å². The number of piperazine rings is 1. The molecule has 1 saturated heterocycles. The minimum absolute atomic E-state index is 0.0774. The van der Waals surface area contributed by atoms with E-state index < -0.39 is 0 Å². The summed E-state index contributed by atoms with van der Waals surface area (Å²) in [6.07, 6.45) is 3.85. The fourth-order valence-electron chi connectivity index (χ4n) is 3.66. The van der Waals surface area contributed by atoms with Crippen LogP contribution in [0.4, 0.5) is 5.95 Å². The topological polar surface area (TPSA) is 96.9 Å². The number of nitrogens with one attached hydrogen (secondary N) is 1. The minimum Gasteiger partial charge on any atom is -0.486 e. The number of hydrogen-bond donors (Lipinski definition) is 1. The Morgan fingerprint density at radius 1 is 0.968 bits per heavy atom. The summed E-state index contributed by atoms with van der Waals surface area (Å²) in [5, 5.41) is 2.91. The van der Waals surface area contributed by atoms with Gasteiger partial charge in [-0.25, -0.2) is 9.97 Å². The maximum atomic E-state index is 12.4. The Morgan fingerprint density at radius 3 is 2.48 bits per heavy atom. The zero-order valence-electron chi connectivity index (χ0n) is 17.5. The molecule has 2 aliphatic heterocycles. The molecule has 0 bridgehead atoms. The van der Waals surface area contributed by atoms with Crippen LogP contribution in [-0.4, -0.2) is 79.0 Å². The second-order valence-electron chi connectivity index (χ2n) is 7.51. The van der Waals surface area contributed by atoms with Crippen LogP contribution in [0.25, 0.3) is 0 Å². The molecule has 0 aliphatic carbocycles. The summed E-state index contributed by atoms with van der Waals surface area (Å²) in [6, 6.07) is 6.96. The van der Waals surface area contributed by atoms with Gasteiger partial charge in [0.05, 0.1) is 0 Å².